The minimum atomic E-state index is -0.0134. The first kappa shape index (κ1) is 25.0. The van der Waals surface area contributed by atoms with Crippen molar-refractivity contribution in [1.29, 1.82) is 0 Å². The molecule has 0 aliphatic carbocycles. The van der Waals surface area contributed by atoms with Crippen molar-refractivity contribution in [3.63, 3.8) is 0 Å². The van der Waals surface area contributed by atoms with E-state index in [0.29, 0.717) is 12.1 Å². The third kappa shape index (κ3) is 6.14. The molecule has 0 spiro atoms. The van der Waals surface area contributed by atoms with Gasteiger partial charge in [0.1, 0.15) is 0 Å². The molecule has 1 aromatic heterocycles. The molecule has 1 heterocycles. The first-order valence-electron chi connectivity index (χ1n) is 12.3. The first-order valence-corrected chi connectivity index (χ1v) is 12.7. The fraction of sp³-hybridized carbons (Fsp3) is 0.300. The predicted octanol–water partition coefficient (Wildman–Crippen LogP) is 6.60. The Labute approximate surface area is 213 Å². The van der Waals surface area contributed by atoms with Crippen LogP contribution in [0.2, 0.25) is 5.02 Å². The number of hydrogen-bond donors (Lipinski definition) is 1. The van der Waals surface area contributed by atoms with Crippen LogP contribution < -0.4 is 5.32 Å². The highest BCUT2D eigenvalue weighted by molar-refractivity contribution is 6.30. The molecule has 4 nitrogen and oxygen atoms in total. The maximum Gasteiger partial charge on any atom is 0.251 e. The van der Waals surface area contributed by atoms with Crippen molar-refractivity contribution in [2.75, 3.05) is 19.6 Å². The largest absolute Gasteiger partial charge is 0.352 e. The average Bonchev–Trinajstić information content (AvgIpc) is 3.11. The van der Waals surface area contributed by atoms with E-state index in [4.69, 9.17) is 11.6 Å². The van der Waals surface area contributed by atoms with E-state index < -0.39 is 0 Å². The number of halogens is 1. The third-order valence-corrected chi connectivity index (χ3v) is 7.04. The molecule has 4 rings (SSSR count). The Morgan fingerprint density at radius 1 is 0.971 bits per heavy atom. The van der Waals surface area contributed by atoms with Gasteiger partial charge in [-0.25, -0.2) is 0 Å². The smallest absolute Gasteiger partial charge is 0.251 e. The highest BCUT2D eigenvalue weighted by Crippen LogP contribution is 2.27. The van der Waals surface area contributed by atoms with Crippen LogP contribution in [-0.4, -0.2) is 35.0 Å². The van der Waals surface area contributed by atoms with E-state index in [9.17, 15) is 4.79 Å². The molecule has 182 valence electrons. The summed E-state index contributed by atoms with van der Waals surface area (Å²) in [6, 6.07) is 24.5. The van der Waals surface area contributed by atoms with Crippen LogP contribution in [0.5, 0.6) is 0 Å². The fourth-order valence-corrected chi connectivity index (χ4v) is 4.69. The van der Waals surface area contributed by atoms with Gasteiger partial charge in [0.25, 0.3) is 5.91 Å². The number of fused-ring (bicyclic) bond motifs is 1. The van der Waals surface area contributed by atoms with Gasteiger partial charge in [0.15, 0.2) is 0 Å². The van der Waals surface area contributed by atoms with E-state index in [1.54, 1.807) is 0 Å². The van der Waals surface area contributed by atoms with Crippen molar-refractivity contribution in [2.45, 2.75) is 40.3 Å². The van der Waals surface area contributed by atoms with Gasteiger partial charge in [-0.3, -0.25) is 9.69 Å². The molecule has 0 aliphatic rings. The summed E-state index contributed by atoms with van der Waals surface area (Å²) in [6.07, 6.45) is 0.921. The summed E-state index contributed by atoms with van der Waals surface area (Å²) in [5, 5.41) is 4.98. The summed E-state index contributed by atoms with van der Waals surface area (Å²) in [5.41, 5.74) is 6.80. The summed E-state index contributed by atoms with van der Waals surface area (Å²) in [5.74, 6) is -0.0134. The fourth-order valence-electron chi connectivity index (χ4n) is 4.56. The van der Waals surface area contributed by atoms with Gasteiger partial charge >= 0.3 is 0 Å². The SMILES string of the molecule is CCN(CCCNC(=O)c1ccc2c(c1)c(C)c(C)n2Cc1ccc(Cl)cc1)Cc1ccccc1. The number of rotatable bonds is 10. The van der Waals surface area contributed by atoms with Crippen LogP contribution in [0.1, 0.15) is 46.1 Å². The van der Waals surface area contributed by atoms with E-state index in [0.717, 1.165) is 48.5 Å². The topological polar surface area (TPSA) is 37.3 Å². The number of carbonyl (C=O) groups excluding carboxylic acids is 1. The predicted molar refractivity (Wildman–Crippen MR) is 146 cm³/mol. The quantitative estimate of drug-likeness (QED) is 0.256. The lowest BCUT2D eigenvalue weighted by atomic mass is 10.1. The molecule has 4 aromatic rings. The summed E-state index contributed by atoms with van der Waals surface area (Å²) in [4.78, 5) is 15.3. The molecule has 0 radical (unpaired) electrons. The monoisotopic (exact) mass is 487 g/mol. The molecule has 3 aromatic carbocycles. The van der Waals surface area contributed by atoms with Crippen molar-refractivity contribution < 1.29 is 4.79 Å². The zero-order valence-corrected chi connectivity index (χ0v) is 21.6. The van der Waals surface area contributed by atoms with Crippen LogP contribution in [0, 0.1) is 13.8 Å². The summed E-state index contributed by atoms with van der Waals surface area (Å²) >= 11 is 6.05. The zero-order chi connectivity index (χ0) is 24.8. The number of aromatic nitrogens is 1. The highest BCUT2D eigenvalue weighted by atomic mass is 35.5. The summed E-state index contributed by atoms with van der Waals surface area (Å²) in [6.45, 7) is 10.8. The minimum Gasteiger partial charge on any atom is -0.352 e. The molecule has 35 heavy (non-hydrogen) atoms. The maximum atomic E-state index is 12.9. The summed E-state index contributed by atoms with van der Waals surface area (Å²) in [7, 11) is 0. The van der Waals surface area contributed by atoms with Crippen molar-refractivity contribution in [3.8, 4) is 0 Å². The Hall–Kier alpha value is -3.08. The van der Waals surface area contributed by atoms with E-state index in [-0.39, 0.29) is 5.91 Å². The number of carbonyl (C=O) groups is 1. The number of hydrogen-bond acceptors (Lipinski definition) is 2. The second-order valence-electron chi connectivity index (χ2n) is 9.12. The second kappa shape index (κ2) is 11.6. The first-order chi connectivity index (χ1) is 17.0. The molecule has 0 saturated carbocycles. The standard InChI is InChI=1S/C30H34ClN3O/c1-4-33(20-24-9-6-5-7-10-24)18-8-17-32-30(35)26-13-16-29-28(19-26)22(2)23(3)34(29)21-25-11-14-27(31)15-12-25/h5-7,9-16,19H,4,8,17-18,20-21H2,1-3H3,(H,32,35). The molecule has 0 atom stereocenters. The van der Waals surface area contributed by atoms with E-state index in [2.05, 4.69) is 78.0 Å². The lowest BCUT2D eigenvalue weighted by Gasteiger charge is -2.20. The maximum absolute atomic E-state index is 12.9. The number of nitrogens with one attached hydrogen (secondary N) is 1. The number of benzene rings is 3. The molecule has 5 heteroatoms. The van der Waals surface area contributed by atoms with Gasteiger partial charge in [-0.15, -0.1) is 0 Å². The van der Waals surface area contributed by atoms with Gasteiger partial charge < -0.3 is 9.88 Å². The average molecular weight is 488 g/mol. The minimum absolute atomic E-state index is 0.0134. The molecule has 1 amide bonds. The van der Waals surface area contributed by atoms with Gasteiger partial charge in [0.2, 0.25) is 0 Å². The normalized spacial score (nSPS) is 11.3. The lowest BCUT2D eigenvalue weighted by molar-refractivity contribution is 0.0951. The molecule has 0 fully saturated rings. The Morgan fingerprint density at radius 2 is 1.71 bits per heavy atom. The van der Waals surface area contributed by atoms with Crippen LogP contribution in [0.25, 0.3) is 10.9 Å². The third-order valence-electron chi connectivity index (χ3n) is 6.79. The Bertz CT molecular complexity index is 1280. The van der Waals surface area contributed by atoms with Gasteiger partial charge in [-0.05, 0) is 73.8 Å². The van der Waals surface area contributed by atoms with Crippen LogP contribution in [-0.2, 0) is 13.1 Å². The van der Waals surface area contributed by atoms with Crippen LogP contribution in [0.15, 0.2) is 72.8 Å². The van der Waals surface area contributed by atoms with Gasteiger partial charge in [0, 0.05) is 53.4 Å². The van der Waals surface area contributed by atoms with Gasteiger partial charge in [0.05, 0.1) is 0 Å². The van der Waals surface area contributed by atoms with E-state index >= 15 is 0 Å². The summed E-state index contributed by atoms with van der Waals surface area (Å²) < 4.78 is 2.31. The number of nitrogens with zero attached hydrogens (tertiary/aromatic N) is 2. The van der Waals surface area contributed by atoms with Crippen LogP contribution >= 0.6 is 11.6 Å². The molecular weight excluding hydrogens is 454 g/mol. The van der Waals surface area contributed by atoms with Crippen molar-refractivity contribution in [1.82, 2.24) is 14.8 Å². The van der Waals surface area contributed by atoms with Crippen molar-refractivity contribution in [2.24, 2.45) is 0 Å². The Morgan fingerprint density at radius 3 is 2.43 bits per heavy atom. The molecule has 0 saturated heterocycles. The molecule has 0 bridgehead atoms. The highest BCUT2D eigenvalue weighted by Gasteiger charge is 2.14. The van der Waals surface area contributed by atoms with Crippen LogP contribution in [0.3, 0.4) is 0 Å². The number of amides is 1. The molecular formula is C30H34ClN3O. The molecule has 1 N–H and O–H groups in total. The van der Waals surface area contributed by atoms with Gasteiger partial charge in [-0.1, -0.05) is 61.0 Å². The zero-order valence-electron chi connectivity index (χ0n) is 20.9. The van der Waals surface area contributed by atoms with Crippen molar-refractivity contribution in [3.05, 3.63) is 106 Å². The van der Waals surface area contributed by atoms with E-state index in [1.165, 1.54) is 22.4 Å². The van der Waals surface area contributed by atoms with Gasteiger partial charge in [-0.2, -0.15) is 0 Å². The van der Waals surface area contributed by atoms with E-state index in [1.807, 2.05) is 30.3 Å². The molecule has 0 aliphatic heterocycles. The van der Waals surface area contributed by atoms with Crippen LogP contribution in [0.4, 0.5) is 0 Å². The molecule has 0 unspecified atom stereocenters. The lowest BCUT2D eigenvalue weighted by Crippen LogP contribution is -2.29. The number of aryl methyl sites for hydroxylation is 1. The second-order valence-corrected chi connectivity index (χ2v) is 9.56. The Balaban J connectivity index is 1.37. The van der Waals surface area contributed by atoms with Crippen molar-refractivity contribution >= 4 is 28.4 Å². The Kier molecular flexibility index (Phi) is 8.27.